The van der Waals surface area contributed by atoms with Gasteiger partial charge in [0.15, 0.2) is 5.82 Å². The van der Waals surface area contributed by atoms with Crippen LogP contribution in [-0.4, -0.2) is 36.3 Å². The molecule has 2 aromatic heterocycles. The van der Waals surface area contributed by atoms with Gasteiger partial charge in [0.2, 0.25) is 0 Å². The number of benzene rings is 1. The summed E-state index contributed by atoms with van der Waals surface area (Å²) in [4.78, 5) is 32.7. The van der Waals surface area contributed by atoms with E-state index in [1.54, 1.807) is 13.0 Å². The Morgan fingerprint density at radius 1 is 1.39 bits per heavy atom. The third-order valence-corrected chi connectivity index (χ3v) is 5.82. The first kappa shape index (κ1) is 20.7. The van der Waals surface area contributed by atoms with Gasteiger partial charge in [-0.05, 0) is 36.3 Å². The van der Waals surface area contributed by atoms with E-state index in [1.807, 2.05) is 24.3 Å². The van der Waals surface area contributed by atoms with Gasteiger partial charge in [0.1, 0.15) is 16.3 Å². The van der Waals surface area contributed by atoms with Crippen molar-refractivity contribution in [2.45, 2.75) is 6.92 Å². The Bertz CT molecular complexity index is 1120. The second-order valence-corrected chi connectivity index (χ2v) is 8.15. The van der Waals surface area contributed by atoms with Crippen LogP contribution in [0.2, 0.25) is 0 Å². The smallest absolute Gasteiger partial charge is 0.348 e. The number of methoxy groups -OCH3 is 1. The molecule has 3 aromatic rings. The van der Waals surface area contributed by atoms with Gasteiger partial charge < -0.3 is 14.5 Å². The van der Waals surface area contributed by atoms with E-state index in [2.05, 4.69) is 25.9 Å². The van der Waals surface area contributed by atoms with Gasteiger partial charge >= 0.3 is 5.97 Å². The lowest BCUT2D eigenvalue weighted by Crippen LogP contribution is -2.11. The molecular weight excluding hydrogens is 468 g/mol. The summed E-state index contributed by atoms with van der Waals surface area (Å²) in [6, 6.07) is 7.55. The second kappa shape index (κ2) is 9.00. The van der Waals surface area contributed by atoms with Crippen molar-refractivity contribution in [3.63, 3.8) is 0 Å². The number of aromatic nitrogens is 2. The number of fused-ring (bicyclic) bond motifs is 1. The van der Waals surface area contributed by atoms with Crippen molar-refractivity contribution in [3.8, 4) is 0 Å². The fraction of sp³-hybridized carbons (Fsp3) is 0.211. The molecule has 0 fully saturated rings. The van der Waals surface area contributed by atoms with Gasteiger partial charge in [-0.2, -0.15) is 0 Å². The Morgan fingerprint density at radius 3 is 2.89 bits per heavy atom. The third kappa shape index (κ3) is 4.52. The van der Waals surface area contributed by atoms with Crippen molar-refractivity contribution >= 4 is 66.2 Å². The van der Waals surface area contributed by atoms with Crippen LogP contribution in [0.15, 0.2) is 33.5 Å². The molecule has 3 rings (SSSR count). The van der Waals surface area contributed by atoms with Gasteiger partial charge in [0.25, 0.3) is 5.56 Å². The third-order valence-electron chi connectivity index (χ3n) is 3.87. The minimum Gasteiger partial charge on any atom is -0.459 e. The molecule has 0 amide bonds. The topological polar surface area (TPSA) is 81.3 Å². The number of H-pyrrole nitrogens is 1. The molecule has 0 aliphatic rings. The number of thiophene rings is 1. The molecule has 9 heteroatoms. The summed E-state index contributed by atoms with van der Waals surface area (Å²) in [6.45, 7) is 2.13. The molecule has 0 saturated heterocycles. The molecule has 0 aliphatic carbocycles. The summed E-state index contributed by atoms with van der Waals surface area (Å²) in [5.74, 6) is -0.269. The van der Waals surface area contributed by atoms with Gasteiger partial charge in [0.05, 0.1) is 17.0 Å². The molecule has 0 aliphatic heterocycles. The highest BCUT2D eigenvalue weighted by Gasteiger charge is 2.21. The largest absolute Gasteiger partial charge is 0.459 e. The molecule has 0 unspecified atom stereocenters. The SMILES string of the molecule is COCCOC(=O)c1sc2nc(/C(Cl)=C/c3cccc(Br)c3)[nH]c(=O)c2c1C. The lowest BCUT2D eigenvalue weighted by molar-refractivity contribution is 0.0393. The predicted molar refractivity (Wildman–Crippen MR) is 115 cm³/mol. The Kier molecular flexibility index (Phi) is 6.66. The summed E-state index contributed by atoms with van der Waals surface area (Å²) < 4.78 is 10.9. The number of nitrogens with one attached hydrogen (secondary N) is 1. The number of ether oxygens (including phenoxy) is 2. The molecule has 6 nitrogen and oxygen atoms in total. The van der Waals surface area contributed by atoms with Crippen LogP contribution in [0, 0.1) is 6.92 Å². The normalized spacial score (nSPS) is 11.8. The quantitative estimate of drug-likeness (QED) is 0.409. The first-order valence-electron chi connectivity index (χ1n) is 8.23. The highest BCUT2D eigenvalue weighted by molar-refractivity contribution is 9.10. The van der Waals surface area contributed by atoms with Crippen LogP contribution < -0.4 is 5.56 Å². The zero-order valence-electron chi connectivity index (χ0n) is 15.0. The number of rotatable bonds is 6. The molecule has 0 saturated carbocycles. The highest BCUT2D eigenvalue weighted by atomic mass is 79.9. The number of carbonyl (C=O) groups is 1. The molecular formula is C19H16BrClN2O4S. The van der Waals surface area contributed by atoms with Gasteiger partial charge in [0, 0.05) is 11.6 Å². The standard InChI is InChI=1S/C19H16BrClN2O4S/c1-10-14-17(24)22-16(13(21)9-11-4-3-5-12(20)8-11)23-18(14)28-15(10)19(25)27-7-6-26-2/h3-5,8-9H,6-7H2,1-2H3,(H,22,23,24)/b13-9-. The molecule has 1 N–H and O–H groups in total. The van der Waals surface area contributed by atoms with Crippen LogP contribution in [-0.2, 0) is 9.47 Å². The summed E-state index contributed by atoms with van der Waals surface area (Å²) >= 11 is 10.9. The van der Waals surface area contributed by atoms with Gasteiger partial charge in [-0.3, -0.25) is 4.79 Å². The zero-order chi connectivity index (χ0) is 20.3. The minimum absolute atomic E-state index is 0.138. The molecule has 146 valence electrons. The number of aryl methyl sites for hydroxylation is 1. The first-order chi connectivity index (χ1) is 13.4. The van der Waals surface area contributed by atoms with Crippen LogP contribution >= 0.6 is 38.9 Å². The zero-order valence-corrected chi connectivity index (χ0v) is 18.2. The summed E-state index contributed by atoms with van der Waals surface area (Å²) in [5.41, 5.74) is 1.03. The average molecular weight is 484 g/mol. The van der Waals surface area contributed by atoms with Crippen molar-refractivity contribution in [2.75, 3.05) is 20.3 Å². The predicted octanol–water partition coefficient (Wildman–Crippen LogP) is 4.60. The monoisotopic (exact) mass is 482 g/mol. The van der Waals surface area contributed by atoms with Crippen LogP contribution in [0.5, 0.6) is 0 Å². The van der Waals surface area contributed by atoms with Crippen LogP contribution in [0.4, 0.5) is 0 Å². The van der Waals surface area contributed by atoms with Crippen molar-refractivity contribution < 1.29 is 14.3 Å². The fourth-order valence-corrected chi connectivity index (χ4v) is 4.25. The lowest BCUT2D eigenvalue weighted by Gasteiger charge is -2.02. The van der Waals surface area contributed by atoms with E-state index in [1.165, 1.54) is 7.11 Å². The second-order valence-electron chi connectivity index (χ2n) is 5.83. The van der Waals surface area contributed by atoms with E-state index in [4.69, 9.17) is 21.1 Å². The molecule has 2 heterocycles. The van der Waals surface area contributed by atoms with Crippen molar-refractivity contribution in [2.24, 2.45) is 0 Å². The Morgan fingerprint density at radius 2 is 2.18 bits per heavy atom. The van der Waals surface area contributed by atoms with E-state index in [0.717, 1.165) is 21.4 Å². The molecule has 28 heavy (non-hydrogen) atoms. The van der Waals surface area contributed by atoms with Gasteiger partial charge in [-0.1, -0.05) is 39.7 Å². The molecule has 0 radical (unpaired) electrons. The Balaban J connectivity index is 1.98. The Hall–Kier alpha value is -2.00. The molecule has 1 aromatic carbocycles. The van der Waals surface area contributed by atoms with E-state index in [9.17, 15) is 9.59 Å². The number of carbonyl (C=O) groups excluding carboxylic acids is 1. The summed E-state index contributed by atoms with van der Waals surface area (Å²) in [6.07, 6.45) is 1.71. The maximum atomic E-state index is 12.6. The number of aromatic amines is 1. The van der Waals surface area contributed by atoms with E-state index < -0.39 is 5.97 Å². The van der Waals surface area contributed by atoms with Crippen LogP contribution in [0.25, 0.3) is 21.3 Å². The number of hydrogen-bond donors (Lipinski definition) is 1. The van der Waals surface area contributed by atoms with Crippen LogP contribution in [0.3, 0.4) is 0 Å². The molecule has 0 atom stereocenters. The van der Waals surface area contributed by atoms with E-state index in [-0.39, 0.29) is 23.0 Å². The minimum atomic E-state index is -0.505. The molecule has 0 spiro atoms. The fourth-order valence-electron chi connectivity index (χ4n) is 2.55. The van der Waals surface area contributed by atoms with Crippen molar-refractivity contribution in [1.82, 2.24) is 9.97 Å². The molecule has 0 bridgehead atoms. The lowest BCUT2D eigenvalue weighted by atomic mass is 10.2. The van der Waals surface area contributed by atoms with E-state index in [0.29, 0.717) is 27.3 Å². The van der Waals surface area contributed by atoms with E-state index >= 15 is 0 Å². The Labute approximate surface area is 178 Å². The summed E-state index contributed by atoms with van der Waals surface area (Å²) in [5, 5.41) is 0.645. The number of halogens is 2. The van der Waals surface area contributed by atoms with Crippen LogP contribution in [0.1, 0.15) is 26.6 Å². The number of hydrogen-bond acceptors (Lipinski definition) is 6. The maximum absolute atomic E-state index is 12.6. The number of esters is 1. The first-order valence-corrected chi connectivity index (χ1v) is 10.2. The number of nitrogens with zero attached hydrogens (tertiary/aromatic N) is 1. The highest BCUT2D eigenvalue weighted by Crippen LogP contribution is 2.29. The van der Waals surface area contributed by atoms with Crippen molar-refractivity contribution in [1.29, 1.82) is 0 Å². The summed E-state index contributed by atoms with van der Waals surface area (Å²) in [7, 11) is 1.52. The average Bonchev–Trinajstić information content (AvgIpc) is 2.99. The van der Waals surface area contributed by atoms with Crippen molar-refractivity contribution in [3.05, 3.63) is 60.9 Å². The maximum Gasteiger partial charge on any atom is 0.348 e. The van der Waals surface area contributed by atoms with Gasteiger partial charge in [-0.25, -0.2) is 9.78 Å². The van der Waals surface area contributed by atoms with Gasteiger partial charge in [-0.15, -0.1) is 11.3 Å².